The minimum Gasteiger partial charge on any atom is -0.382 e. The number of nitrogens with one attached hydrogen (secondary N) is 1. The van der Waals surface area contributed by atoms with Crippen molar-refractivity contribution in [1.29, 1.82) is 0 Å². The molecule has 1 aromatic carbocycles. The molecule has 7 nitrogen and oxygen atoms in total. The summed E-state index contributed by atoms with van der Waals surface area (Å²) in [5.74, 6) is -0.821. The molecule has 1 amide bonds. The Morgan fingerprint density at radius 3 is 2.63 bits per heavy atom. The number of hydrogen-bond acceptors (Lipinski definition) is 5. The van der Waals surface area contributed by atoms with Crippen LogP contribution in [0.25, 0.3) is 0 Å². The Morgan fingerprint density at radius 1 is 1.47 bits per heavy atom. The van der Waals surface area contributed by atoms with Crippen LogP contribution in [0, 0.1) is 0 Å². The second-order valence-corrected chi connectivity index (χ2v) is 5.73. The molecule has 6 N–H and O–H groups in total. The van der Waals surface area contributed by atoms with Gasteiger partial charge in [0.1, 0.15) is 6.10 Å². The molecule has 19 heavy (non-hydrogen) atoms. The molecule has 1 rings (SSSR count). The fraction of sp³-hybridized carbons (Fsp3) is 0.364. The van der Waals surface area contributed by atoms with Gasteiger partial charge in [-0.15, -0.1) is 0 Å². The second kappa shape index (κ2) is 6.11. The minimum absolute atomic E-state index is 0.00843. The number of amides is 1. The van der Waals surface area contributed by atoms with Crippen LogP contribution in [0.3, 0.4) is 0 Å². The number of primary sulfonamides is 1. The van der Waals surface area contributed by atoms with Crippen LogP contribution in [0.5, 0.6) is 0 Å². The van der Waals surface area contributed by atoms with E-state index in [-0.39, 0.29) is 17.5 Å². The number of sulfonamides is 1. The first-order valence-electron chi connectivity index (χ1n) is 5.55. The van der Waals surface area contributed by atoms with E-state index in [9.17, 15) is 18.3 Å². The first-order chi connectivity index (χ1) is 8.71. The van der Waals surface area contributed by atoms with Crippen LogP contribution in [0.1, 0.15) is 18.5 Å². The van der Waals surface area contributed by atoms with E-state index < -0.39 is 22.0 Å². The van der Waals surface area contributed by atoms with Crippen LogP contribution < -0.4 is 16.2 Å². The number of primary amides is 1. The van der Waals surface area contributed by atoms with Crippen molar-refractivity contribution < 1.29 is 18.3 Å². The van der Waals surface area contributed by atoms with Gasteiger partial charge in [0, 0.05) is 12.6 Å². The molecule has 0 heterocycles. The maximum atomic E-state index is 11.2. The quantitative estimate of drug-likeness (QED) is 0.523. The molecule has 0 saturated heterocycles. The summed E-state index contributed by atoms with van der Waals surface area (Å²) in [4.78, 5) is 10.7. The first kappa shape index (κ1) is 15.6. The van der Waals surface area contributed by atoms with Crippen molar-refractivity contribution in [1.82, 2.24) is 5.32 Å². The van der Waals surface area contributed by atoms with Gasteiger partial charge in [-0.2, -0.15) is 0 Å². The lowest BCUT2D eigenvalue weighted by Crippen LogP contribution is -2.38. The highest BCUT2D eigenvalue weighted by Gasteiger charge is 2.14. The third-order valence-corrected chi connectivity index (χ3v) is 3.54. The summed E-state index contributed by atoms with van der Waals surface area (Å²) in [7, 11) is -3.75. The SMILES string of the molecule is CC(NCC(O)C(N)=O)c1cccc(S(N)(=O)=O)c1. The zero-order chi connectivity index (χ0) is 14.6. The van der Waals surface area contributed by atoms with Gasteiger partial charge in [0.25, 0.3) is 0 Å². The van der Waals surface area contributed by atoms with Crippen molar-refractivity contribution in [2.24, 2.45) is 10.9 Å². The van der Waals surface area contributed by atoms with E-state index in [1.54, 1.807) is 19.1 Å². The van der Waals surface area contributed by atoms with E-state index in [1.165, 1.54) is 12.1 Å². The lowest BCUT2D eigenvalue weighted by molar-refractivity contribution is -0.125. The van der Waals surface area contributed by atoms with Gasteiger partial charge in [-0.25, -0.2) is 13.6 Å². The zero-order valence-electron chi connectivity index (χ0n) is 10.4. The largest absolute Gasteiger partial charge is 0.382 e. The van der Waals surface area contributed by atoms with Crippen LogP contribution in [0.4, 0.5) is 0 Å². The molecule has 0 bridgehead atoms. The lowest BCUT2D eigenvalue weighted by Gasteiger charge is -2.16. The number of benzene rings is 1. The summed E-state index contributed by atoms with van der Waals surface area (Å²) >= 11 is 0. The lowest BCUT2D eigenvalue weighted by atomic mass is 10.1. The molecule has 0 aliphatic carbocycles. The van der Waals surface area contributed by atoms with Crippen LogP contribution in [-0.2, 0) is 14.8 Å². The Kier molecular flexibility index (Phi) is 5.01. The molecule has 0 aromatic heterocycles. The van der Waals surface area contributed by atoms with Crippen molar-refractivity contribution >= 4 is 15.9 Å². The summed E-state index contributed by atoms with van der Waals surface area (Å²) in [5, 5.41) is 17.2. The normalized spacial score (nSPS) is 14.9. The maximum absolute atomic E-state index is 11.2. The Hall–Kier alpha value is -1.48. The molecular formula is C11H17N3O4S. The van der Waals surface area contributed by atoms with E-state index >= 15 is 0 Å². The first-order valence-corrected chi connectivity index (χ1v) is 7.10. The Morgan fingerprint density at radius 2 is 2.11 bits per heavy atom. The van der Waals surface area contributed by atoms with E-state index in [4.69, 9.17) is 10.9 Å². The third kappa shape index (κ3) is 4.60. The van der Waals surface area contributed by atoms with Gasteiger partial charge in [-0.1, -0.05) is 12.1 Å². The highest BCUT2D eigenvalue weighted by molar-refractivity contribution is 7.89. The van der Waals surface area contributed by atoms with Crippen molar-refractivity contribution in [3.05, 3.63) is 29.8 Å². The van der Waals surface area contributed by atoms with Gasteiger partial charge in [-0.05, 0) is 24.6 Å². The highest BCUT2D eigenvalue weighted by Crippen LogP contribution is 2.16. The summed E-state index contributed by atoms with van der Waals surface area (Å²) in [6.45, 7) is 1.74. The van der Waals surface area contributed by atoms with Crippen LogP contribution in [-0.4, -0.2) is 32.1 Å². The van der Waals surface area contributed by atoms with Crippen LogP contribution in [0.15, 0.2) is 29.2 Å². The Bertz CT molecular complexity index is 559. The van der Waals surface area contributed by atoms with Crippen molar-refractivity contribution in [3.63, 3.8) is 0 Å². The molecule has 0 saturated carbocycles. The topological polar surface area (TPSA) is 136 Å². The maximum Gasteiger partial charge on any atom is 0.247 e. The third-order valence-electron chi connectivity index (χ3n) is 2.63. The summed E-state index contributed by atoms with van der Waals surface area (Å²) < 4.78 is 22.4. The average Bonchev–Trinajstić information content (AvgIpc) is 2.34. The fourth-order valence-corrected chi connectivity index (χ4v) is 2.04. The second-order valence-electron chi connectivity index (χ2n) is 4.17. The molecule has 0 fully saturated rings. The van der Waals surface area contributed by atoms with Gasteiger partial charge in [0.2, 0.25) is 15.9 Å². The smallest absolute Gasteiger partial charge is 0.247 e. The molecule has 106 valence electrons. The number of aliphatic hydroxyl groups excluding tert-OH is 1. The Balaban J connectivity index is 2.78. The van der Waals surface area contributed by atoms with Gasteiger partial charge in [0.15, 0.2) is 0 Å². The number of nitrogens with two attached hydrogens (primary N) is 2. The number of hydrogen-bond donors (Lipinski definition) is 4. The number of aliphatic hydroxyl groups is 1. The van der Waals surface area contributed by atoms with E-state index in [1.807, 2.05) is 0 Å². The molecule has 2 atom stereocenters. The molecule has 1 aromatic rings. The van der Waals surface area contributed by atoms with Crippen molar-refractivity contribution in [3.8, 4) is 0 Å². The number of carbonyl (C=O) groups is 1. The number of carbonyl (C=O) groups excluding carboxylic acids is 1. The molecule has 0 radical (unpaired) electrons. The van der Waals surface area contributed by atoms with Crippen molar-refractivity contribution in [2.45, 2.75) is 24.0 Å². The summed E-state index contributed by atoms with van der Waals surface area (Å²) in [6.07, 6.45) is -1.29. The predicted octanol–water partition coefficient (Wildman–Crippen LogP) is -1.17. The highest BCUT2D eigenvalue weighted by atomic mass is 32.2. The van der Waals surface area contributed by atoms with Crippen molar-refractivity contribution in [2.75, 3.05) is 6.54 Å². The monoisotopic (exact) mass is 287 g/mol. The summed E-state index contributed by atoms with van der Waals surface area (Å²) in [6, 6.07) is 5.84. The van der Waals surface area contributed by atoms with E-state index in [0.29, 0.717) is 5.56 Å². The van der Waals surface area contributed by atoms with E-state index in [0.717, 1.165) is 0 Å². The van der Waals surface area contributed by atoms with E-state index in [2.05, 4.69) is 5.32 Å². The standard InChI is InChI=1S/C11H17N3O4S/c1-7(14-6-10(15)11(12)16)8-3-2-4-9(5-8)19(13,17)18/h2-5,7,10,14-15H,6H2,1H3,(H2,12,16)(H2,13,17,18). The molecule has 0 spiro atoms. The molecular weight excluding hydrogens is 270 g/mol. The minimum atomic E-state index is -3.75. The van der Waals surface area contributed by atoms with Crippen LogP contribution >= 0.6 is 0 Å². The van der Waals surface area contributed by atoms with Crippen LogP contribution in [0.2, 0.25) is 0 Å². The predicted molar refractivity (Wildman–Crippen MR) is 69.4 cm³/mol. The molecule has 0 aliphatic heterocycles. The average molecular weight is 287 g/mol. The molecule has 2 unspecified atom stereocenters. The van der Waals surface area contributed by atoms with Gasteiger partial charge in [-0.3, -0.25) is 4.79 Å². The van der Waals surface area contributed by atoms with Gasteiger partial charge < -0.3 is 16.2 Å². The van der Waals surface area contributed by atoms with Gasteiger partial charge >= 0.3 is 0 Å². The molecule has 8 heteroatoms. The van der Waals surface area contributed by atoms with Gasteiger partial charge in [0.05, 0.1) is 4.90 Å². The molecule has 0 aliphatic rings. The summed E-state index contributed by atoms with van der Waals surface area (Å²) in [5.41, 5.74) is 5.59. The number of rotatable bonds is 6. The zero-order valence-corrected chi connectivity index (χ0v) is 11.2. The Labute approximate surface area is 111 Å². The fourth-order valence-electron chi connectivity index (χ4n) is 1.47.